The minimum atomic E-state index is -4.92. The number of amides is 1. The van der Waals surface area contributed by atoms with Crippen molar-refractivity contribution in [3.8, 4) is 5.88 Å². The fraction of sp³-hybridized carbons (Fsp3) is 0.158. The molecule has 1 amide bonds. The van der Waals surface area contributed by atoms with Crippen LogP contribution >= 0.6 is 0 Å². The minimum Gasteiger partial charge on any atom is -0.493 e. The van der Waals surface area contributed by atoms with Gasteiger partial charge in [-0.3, -0.25) is 23.3 Å². The average Bonchev–Trinajstić information content (AvgIpc) is 2.71. The van der Waals surface area contributed by atoms with Crippen molar-refractivity contribution >= 4 is 48.3 Å². The molecule has 0 aliphatic carbocycles. The van der Waals surface area contributed by atoms with Gasteiger partial charge < -0.3 is 10.8 Å². The number of carbonyl (C=O) groups excluding carboxylic acids is 1. The Morgan fingerprint density at radius 2 is 1.71 bits per heavy atom. The number of fused-ring (bicyclic) bond motifs is 1. The number of benzene rings is 2. The Labute approximate surface area is 192 Å². The fourth-order valence-electron chi connectivity index (χ4n) is 3.33. The smallest absolute Gasteiger partial charge is 0.295 e. The van der Waals surface area contributed by atoms with Crippen LogP contribution in [0.5, 0.6) is 5.88 Å². The Hall–Kier alpha value is -3.66. The van der Waals surface area contributed by atoms with E-state index < -0.39 is 52.9 Å². The number of primary amides is 1. The van der Waals surface area contributed by atoms with Gasteiger partial charge in [0.2, 0.25) is 5.88 Å². The highest BCUT2D eigenvalue weighted by Crippen LogP contribution is 2.34. The van der Waals surface area contributed by atoms with Gasteiger partial charge in [-0.2, -0.15) is 21.9 Å². The molecule has 1 aromatic heterocycles. The Kier molecular flexibility index (Phi) is 6.32. The normalized spacial score (nSPS) is 12.5. The van der Waals surface area contributed by atoms with Crippen LogP contribution < -0.4 is 11.3 Å². The van der Waals surface area contributed by atoms with Gasteiger partial charge in [0.15, 0.2) is 0 Å². The molecule has 5 N–H and O–H groups in total. The molecular formula is C19H18N4O9S2. The molecule has 0 spiro atoms. The maximum Gasteiger partial charge on any atom is 0.295 e. The molecule has 13 nitrogen and oxygen atoms in total. The molecule has 1 heterocycles. The molecule has 2 aromatic carbocycles. The van der Waals surface area contributed by atoms with E-state index in [4.69, 9.17) is 5.73 Å². The highest BCUT2D eigenvalue weighted by molar-refractivity contribution is 7.86. The first kappa shape index (κ1) is 25.0. The summed E-state index contributed by atoms with van der Waals surface area (Å²) in [6.45, 7) is 2.88. The summed E-state index contributed by atoms with van der Waals surface area (Å²) in [6, 6.07) is 5.31. The number of azo groups is 1. The minimum absolute atomic E-state index is 0.00244. The number of nitrogens with two attached hydrogens (primary N) is 1. The zero-order valence-electron chi connectivity index (χ0n) is 17.6. The largest absolute Gasteiger partial charge is 0.493 e. The number of hydrogen-bond acceptors (Lipinski definition) is 9. The van der Waals surface area contributed by atoms with Gasteiger partial charge in [0.05, 0.1) is 10.6 Å². The SMILES string of the molecule is CCn1c(O)c(N=Nc2ccc3cc(S(=O)(=O)O)cc(S(=O)(=O)O)c3c2)c(C)c(C(N)=O)c1=O. The Balaban J connectivity index is 2.25. The molecule has 0 radical (unpaired) electrons. The second-order valence-corrected chi connectivity index (χ2v) is 9.87. The van der Waals surface area contributed by atoms with Crippen molar-refractivity contribution in [1.82, 2.24) is 4.57 Å². The molecule has 15 heteroatoms. The highest BCUT2D eigenvalue weighted by atomic mass is 32.2. The number of nitrogens with zero attached hydrogens (tertiary/aromatic N) is 3. The van der Waals surface area contributed by atoms with Crippen molar-refractivity contribution in [2.24, 2.45) is 16.0 Å². The first-order valence-corrected chi connectivity index (χ1v) is 12.3. The number of aromatic nitrogens is 1. The molecule has 0 aliphatic heterocycles. The van der Waals surface area contributed by atoms with E-state index in [1.165, 1.54) is 19.1 Å². The molecule has 0 fully saturated rings. The average molecular weight is 511 g/mol. The first-order valence-electron chi connectivity index (χ1n) is 9.37. The molecule has 0 saturated heterocycles. The quantitative estimate of drug-likeness (QED) is 0.281. The maximum atomic E-state index is 12.4. The summed E-state index contributed by atoms with van der Waals surface area (Å²) in [5, 5.41) is 18.1. The van der Waals surface area contributed by atoms with Gasteiger partial charge in [-0.15, -0.1) is 5.11 Å². The zero-order valence-corrected chi connectivity index (χ0v) is 19.3. The van der Waals surface area contributed by atoms with Crippen LogP contribution in [-0.2, 0) is 26.8 Å². The third kappa shape index (κ3) is 4.54. The Morgan fingerprint density at radius 3 is 2.24 bits per heavy atom. The van der Waals surface area contributed by atoms with Gasteiger partial charge in [0, 0.05) is 17.5 Å². The van der Waals surface area contributed by atoms with Crippen molar-refractivity contribution in [2.45, 2.75) is 30.2 Å². The third-order valence-corrected chi connectivity index (χ3v) is 6.66. The van der Waals surface area contributed by atoms with Gasteiger partial charge >= 0.3 is 0 Å². The molecule has 3 aromatic rings. The number of hydrogen-bond donors (Lipinski definition) is 4. The maximum absolute atomic E-state index is 12.4. The van der Waals surface area contributed by atoms with Crippen molar-refractivity contribution in [3.63, 3.8) is 0 Å². The standard InChI is InChI=1S/C19H18N4O9S2/c1-3-23-18(25)15(17(20)24)9(2)16(19(23)26)22-21-11-5-4-10-6-12(33(27,28)29)8-14(13(10)7-11)34(30,31)32/h4-8,26H,3H2,1-2H3,(H2,20,24)(H,27,28,29)(H,30,31,32). The van der Waals surface area contributed by atoms with E-state index in [9.17, 15) is 40.6 Å². The Bertz CT molecular complexity index is 1660. The summed E-state index contributed by atoms with van der Waals surface area (Å²) in [5.74, 6) is -1.60. The number of carbonyl (C=O) groups is 1. The number of aromatic hydroxyl groups is 1. The molecular weight excluding hydrogens is 492 g/mol. The van der Waals surface area contributed by atoms with Crippen molar-refractivity contribution in [3.05, 3.63) is 51.8 Å². The summed E-state index contributed by atoms with van der Waals surface area (Å²) in [7, 11) is -9.69. The van der Waals surface area contributed by atoms with E-state index in [-0.39, 0.29) is 34.3 Å². The molecule has 0 saturated carbocycles. The van der Waals surface area contributed by atoms with E-state index >= 15 is 0 Å². The number of rotatable bonds is 6. The zero-order chi connectivity index (χ0) is 25.6. The number of pyridine rings is 1. The van der Waals surface area contributed by atoms with E-state index in [2.05, 4.69) is 10.2 Å². The molecule has 34 heavy (non-hydrogen) atoms. The van der Waals surface area contributed by atoms with E-state index in [0.29, 0.717) is 6.07 Å². The van der Waals surface area contributed by atoms with Crippen LogP contribution in [0.25, 0.3) is 10.8 Å². The van der Waals surface area contributed by atoms with Crippen LogP contribution in [0.4, 0.5) is 11.4 Å². The van der Waals surface area contributed by atoms with Crippen LogP contribution in [0.3, 0.4) is 0 Å². The molecule has 0 unspecified atom stereocenters. The van der Waals surface area contributed by atoms with Crippen molar-refractivity contribution in [1.29, 1.82) is 0 Å². The molecule has 0 atom stereocenters. The van der Waals surface area contributed by atoms with Crippen LogP contribution in [0.1, 0.15) is 22.8 Å². The summed E-state index contributed by atoms with van der Waals surface area (Å²) < 4.78 is 66.3. The van der Waals surface area contributed by atoms with Crippen LogP contribution in [-0.4, -0.2) is 41.5 Å². The van der Waals surface area contributed by atoms with Crippen LogP contribution in [0.2, 0.25) is 0 Å². The lowest BCUT2D eigenvalue weighted by atomic mass is 10.1. The lowest BCUT2D eigenvalue weighted by Crippen LogP contribution is -2.30. The topological polar surface area (TPSA) is 219 Å². The van der Waals surface area contributed by atoms with Gasteiger partial charge in [0.25, 0.3) is 31.7 Å². The van der Waals surface area contributed by atoms with Crippen LogP contribution in [0.15, 0.2) is 55.1 Å². The van der Waals surface area contributed by atoms with E-state index in [0.717, 1.165) is 16.7 Å². The van der Waals surface area contributed by atoms with E-state index in [1.807, 2.05) is 0 Å². The van der Waals surface area contributed by atoms with E-state index in [1.54, 1.807) is 6.92 Å². The third-order valence-electron chi connectivity index (χ3n) is 4.93. The summed E-state index contributed by atoms with van der Waals surface area (Å²) in [4.78, 5) is 22.6. The van der Waals surface area contributed by atoms with Gasteiger partial charge in [-0.1, -0.05) is 6.07 Å². The van der Waals surface area contributed by atoms with Crippen molar-refractivity contribution in [2.75, 3.05) is 0 Å². The predicted octanol–water partition coefficient (Wildman–Crippen LogP) is 2.04. The Morgan fingerprint density at radius 1 is 1.06 bits per heavy atom. The molecule has 0 bridgehead atoms. The van der Waals surface area contributed by atoms with Crippen LogP contribution in [0, 0.1) is 6.92 Å². The highest BCUT2D eigenvalue weighted by Gasteiger charge is 2.23. The van der Waals surface area contributed by atoms with Gasteiger partial charge in [-0.05, 0) is 43.5 Å². The van der Waals surface area contributed by atoms with Gasteiger partial charge in [0.1, 0.15) is 16.1 Å². The van der Waals surface area contributed by atoms with Gasteiger partial charge in [-0.25, -0.2) is 0 Å². The monoisotopic (exact) mass is 510 g/mol. The molecule has 180 valence electrons. The first-order chi connectivity index (χ1) is 15.7. The molecule has 0 aliphatic rings. The second-order valence-electron chi connectivity index (χ2n) is 7.06. The second kappa shape index (κ2) is 8.60. The summed E-state index contributed by atoms with van der Waals surface area (Å²) in [5.41, 5.74) is 3.83. The summed E-state index contributed by atoms with van der Waals surface area (Å²) >= 11 is 0. The predicted molar refractivity (Wildman–Crippen MR) is 119 cm³/mol. The fourth-order valence-corrected chi connectivity index (χ4v) is 4.67. The lowest BCUT2D eigenvalue weighted by Gasteiger charge is -2.12. The summed E-state index contributed by atoms with van der Waals surface area (Å²) in [6.07, 6.45) is 0. The lowest BCUT2D eigenvalue weighted by molar-refractivity contribution is 0.0997. The molecule has 3 rings (SSSR count). The van der Waals surface area contributed by atoms with Crippen molar-refractivity contribution < 1.29 is 35.8 Å².